The number of fused-ring (bicyclic) bond motifs is 6. The fourth-order valence-corrected chi connectivity index (χ4v) is 7.31. The van der Waals surface area contributed by atoms with Crippen LogP contribution in [0.5, 0.6) is 23.3 Å². The molecule has 2 aliphatic rings. The summed E-state index contributed by atoms with van der Waals surface area (Å²) >= 11 is 0. The molecule has 58 heavy (non-hydrogen) atoms. The third-order valence-electron chi connectivity index (χ3n) is 9.92. The number of aryl methyl sites for hydroxylation is 4. The van der Waals surface area contributed by atoms with E-state index in [1.54, 1.807) is 46.3 Å². The average Bonchev–Trinajstić information content (AvgIpc) is 4.00. The van der Waals surface area contributed by atoms with Gasteiger partial charge in [0.2, 0.25) is 11.8 Å². The molecule has 8 heteroatoms. The van der Waals surface area contributed by atoms with Gasteiger partial charge in [0.05, 0.1) is 0 Å². The number of pyridine rings is 2. The summed E-state index contributed by atoms with van der Waals surface area (Å²) in [5, 5.41) is 4.13. The Balaban J connectivity index is 0.000000300. The molecule has 0 radical (unpaired) electrons. The zero-order chi connectivity index (χ0) is 38.1. The molecule has 4 aromatic heterocycles. The van der Waals surface area contributed by atoms with E-state index < -0.39 is 0 Å². The Hall–Kier alpha value is -5.64. The van der Waals surface area contributed by atoms with Gasteiger partial charge in [-0.05, 0) is 74.9 Å². The number of aromatic nitrogens is 4. The van der Waals surface area contributed by atoms with Crippen LogP contribution in [0, 0.1) is 49.2 Å². The van der Waals surface area contributed by atoms with Crippen LogP contribution in [0.4, 0.5) is 0 Å². The molecule has 0 saturated heterocycles. The fraction of sp³-hybridized carbons (Fsp3) is 0.160. The normalized spacial score (nSPS) is 12.3. The maximum absolute atomic E-state index is 6.57. The molecule has 4 aromatic carbocycles. The van der Waals surface area contributed by atoms with Crippen LogP contribution < -0.4 is 9.47 Å². The van der Waals surface area contributed by atoms with E-state index in [-0.39, 0.29) is 42.1 Å². The smallest absolute Gasteiger partial charge is 0.215 e. The van der Waals surface area contributed by atoms with Crippen molar-refractivity contribution in [1.82, 2.24) is 19.1 Å². The number of ether oxygens (including phenoxy) is 2. The largest absolute Gasteiger partial charge is 0.669 e. The van der Waals surface area contributed by atoms with Crippen molar-refractivity contribution in [3.8, 4) is 46.5 Å². The Morgan fingerprint density at radius 3 is 1.28 bits per heavy atom. The maximum atomic E-state index is 6.57. The van der Waals surface area contributed by atoms with Crippen LogP contribution >= 0.6 is 0 Å². The summed E-state index contributed by atoms with van der Waals surface area (Å²) in [6.45, 7) is 0. The molecule has 0 spiro atoms. The third-order valence-corrected chi connectivity index (χ3v) is 9.92. The number of hydrogen-bond acceptors (Lipinski definition) is 4. The predicted octanol–water partition coefficient (Wildman–Crippen LogP) is 10.8. The molecule has 0 atom stereocenters. The number of nitrogens with zero attached hydrogens (tertiary/aromatic N) is 4. The Morgan fingerprint density at radius 2 is 0.914 bits per heavy atom. The molecule has 8 aromatic rings. The van der Waals surface area contributed by atoms with Crippen molar-refractivity contribution in [2.45, 2.75) is 51.4 Å². The van der Waals surface area contributed by atoms with Gasteiger partial charge in [-0.1, -0.05) is 71.9 Å². The second kappa shape index (κ2) is 20.2. The molecule has 0 aliphatic heterocycles. The van der Waals surface area contributed by atoms with E-state index in [0.29, 0.717) is 23.3 Å². The topological polar surface area (TPSA) is 54.1 Å². The minimum atomic E-state index is 0. The van der Waals surface area contributed by atoms with Gasteiger partial charge in [0.15, 0.2) is 0 Å². The number of benzene rings is 4. The van der Waals surface area contributed by atoms with Gasteiger partial charge in [-0.2, -0.15) is 0 Å². The van der Waals surface area contributed by atoms with Crippen LogP contribution in [0.1, 0.15) is 47.9 Å². The van der Waals surface area contributed by atoms with Crippen LogP contribution in [0.25, 0.3) is 32.7 Å². The molecule has 0 N–H and O–H groups in total. The van der Waals surface area contributed by atoms with Crippen molar-refractivity contribution in [3.05, 3.63) is 181 Å². The summed E-state index contributed by atoms with van der Waals surface area (Å²) < 4.78 is 16.0. The number of rotatable bonds is 5. The van der Waals surface area contributed by atoms with Gasteiger partial charge in [-0.15, -0.1) is 21.9 Å². The predicted molar refractivity (Wildman–Crippen MR) is 218 cm³/mol. The molecule has 6 nitrogen and oxygen atoms in total. The SMILES string of the molecule is [C-]#Cn1cccc1.[C-]#Cn1cccc1.[Pt].[Pt].[c-]1c(-c2[c-]c(Oc3ccccn3)c3c4c(ccc3[c-]2)CCCC4)[c-]c2ccc3c(c2c1Oc1ccccn1)CCCC3. The first-order valence-corrected chi connectivity index (χ1v) is 18.8. The minimum Gasteiger partial charge on any atom is -0.669 e. The van der Waals surface area contributed by atoms with E-state index in [1.807, 2.05) is 60.7 Å². The molecule has 0 fully saturated rings. The zero-order valence-electron chi connectivity index (χ0n) is 31.4. The maximum Gasteiger partial charge on any atom is 0.215 e. The number of hydrogen-bond donors (Lipinski definition) is 0. The molecule has 10 rings (SSSR count). The second-order valence-corrected chi connectivity index (χ2v) is 13.5. The first kappa shape index (κ1) is 42.0. The molecule has 0 amide bonds. The van der Waals surface area contributed by atoms with Crippen molar-refractivity contribution in [2.75, 3.05) is 0 Å². The van der Waals surface area contributed by atoms with E-state index in [9.17, 15) is 0 Å². The van der Waals surface area contributed by atoms with E-state index in [1.165, 1.54) is 47.9 Å². The molecule has 0 saturated carbocycles. The molecule has 0 unspecified atom stereocenters. The summed E-state index contributed by atoms with van der Waals surface area (Å²) in [5.41, 5.74) is 6.90. The standard InChI is InChI=1S/C38H28N2O2.2C6H4N.2Pt/c1-3-11-31-25(9-1)15-17-27-21-29(23-33(37(27)31)41-35-13-5-7-19-39-35)30-22-28-18-16-26-10-2-4-12-32(26)38(28)34(24-30)42-36-14-6-8-20-40-36;2*1-2-7-5-3-4-6-7;;/h5-8,13-20H,1-4,9-12H2;2*3-6H;;/q-4;2*-1;;. The van der Waals surface area contributed by atoms with Crippen LogP contribution in [0.2, 0.25) is 0 Å². The van der Waals surface area contributed by atoms with Crippen LogP contribution in [-0.2, 0) is 67.8 Å². The van der Waals surface area contributed by atoms with E-state index in [4.69, 9.17) is 22.3 Å². The van der Waals surface area contributed by atoms with Crippen molar-refractivity contribution in [2.24, 2.45) is 0 Å². The summed E-state index contributed by atoms with van der Waals surface area (Å²) in [6.07, 6.45) is 32.6. The van der Waals surface area contributed by atoms with Crippen molar-refractivity contribution in [3.63, 3.8) is 0 Å². The average molecular weight is 1120 g/mol. The summed E-state index contributed by atoms with van der Waals surface area (Å²) in [6, 6.07) is 46.4. The van der Waals surface area contributed by atoms with Gasteiger partial charge in [-0.25, -0.2) is 32.8 Å². The Labute approximate surface area is 369 Å². The molecule has 294 valence electrons. The first-order chi connectivity index (χ1) is 27.7. The molecule has 2 aliphatic carbocycles. The molecule has 0 bridgehead atoms. The van der Waals surface area contributed by atoms with Crippen LogP contribution in [0.3, 0.4) is 0 Å². The van der Waals surface area contributed by atoms with Crippen molar-refractivity contribution < 1.29 is 51.6 Å². The fourth-order valence-electron chi connectivity index (χ4n) is 7.31. The third kappa shape index (κ3) is 9.72. The summed E-state index contributed by atoms with van der Waals surface area (Å²) in [5.74, 6) is 2.40. The van der Waals surface area contributed by atoms with Gasteiger partial charge >= 0.3 is 0 Å². The summed E-state index contributed by atoms with van der Waals surface area (Å²) in [4.78, 5) is 8.89. The van der Waals surface area contributed by atoms with Gasteiger partial charge in [0.25, 0.3) is 0 Å². The molecule has 4 heterocycles. The Kier molecular flexibility index (Phi) is 14.6. The Bertz CT molecular complexity index is 2480. The molecular weight excluding hydrogens is 1080 g/mol. The minimum absolute atomic E-state index is 0. The van der Waals surface area contributed by atoms with Gasteiger partial charge < -0.3 is 66.8 Å². The quantitative estimate of drug-likeness (QED) is 0.127. The monoisotopic (exact) mass is 1110 g/mol. The summed E-state index contributed by atoms with van der Waals surface area (Å²) in [7, 11) is 0. The van der Waals surface area contributed by atoms with E-state index >= 15 is 0 Å². The Morgan fingerprint density at radius 1 is 0.500 bits per heavy atom. The van der Waals surface area contributed by atoms with Crippen molar-refractivity contribution >= 4 is 21.5 Å². The van der Waals surface area contributed by atoms with Gasteiger partial charge in [-0.3, -0.25) is 0 Å². The second-order valence-electron chi connectivity index (χ2n) is 13.5. The van der Waals surface area contributed by atoms with E-state index in [0.717, 1.165) is 58.4 Å². The first-order valence-electron chi connectivity index (χ1n) is 18.8. The van der Waals surface area contributed by atoms with Crippen LogP contribution in [-0.4, -0.2) is 19.1 Å². The zero-order valence-corrected chi connectivity index (χ0v) is 36.0. The van der Waals surface area contributed by atoms with Gasteiger partial charge in [0.1, 0.15) is 0 Å². The van der Waals surface area contributed by atoms with Crippen molar-refractivity contribution in [1.29, 1.82) is 0 Å². The van der Waals surface area contributed by atoms with Gasteiger partial charge in [0, 0.05) is 91.4 Å². The van der Waals surface area contributed by atoms with Crippen LogP contribution in [0.15, 0.2) is 122 Å². The molecular formula is C50H36N4O2Pt2-6. The van der Waals surface area contributed by atoms with E-state index in [2.05, 4.69) is 70.6 Å².